The topological polar surface area (TPSA) is 54.0 Å². The Bertz CT molecular complexity index is 405. The van der Waals surface area contributed by atoms with Crippen molar-refractivity contribution in [2.45, 2.75) is 25.8 Å². The number of aromatic nitrogens is 1. The summed E-state index contributed by atoms with van der Waals surface area (Å²) in [6, 6.07) is 3.93. The fourth-order valence-corrected chi connectivity index (χ4v) is 3.04. The molecule has 1 aromatic rings. The Morgan fingerprint density at radius 3 is 3.22 bits per heavy atom. The first kappa shape index (κ1) is 13.2. The van der Waals surface area contributed by atoms with E-state index < -0.39 is 0 Å². The van der Waals surface area contributed by atoms with E-state index in [-0.39, 0.29) is 5.91 Å². The van der Waals surface area contributed by atoms with Crippen LogP contribution < -0.4 is 10.6 Å². The number of carbonyl (C=O) groups excluding carboxylic acids is 1. The highest BCUT2D eigenvalue weighted by Gasteiger charge is 2.20. The number of thioether (sulfide) groups is 1. The fraction of sp³-hybridized carbons (Fsp3) is 0.538. The van der Waals surface area contributed by atoms with Crippen LogP contribution in [-0.2, 0) is 0 Å². The highest BCUT2D eigenvalue weighted by molar-refractivity contribution is 7.99. The lowest BCUT2D eigenvalue weighted by Gasteiger charge is -2.14. The summed E-state index contributed by atoms with van der Waals surface area (Å²) < 4.78 is 0. The largest absolute Gasteiger partial charge is 0.369 e. The Kier molecular flexibility index (Phi) is 4.87. The lowest BCUT2D eigenvalue weighted by atomic mass is 10.2. The van der Waals surface area contributed by atoms with Gasteiger partial charge in [0.2, 0.25) is 0 Å². The van der Waals surface area contributed by atoms with Crippen molar-refractivity contribution >= 4 is 23.5 Å². The molecule has 0 radical (unpaired) electrons. The van der Waals surface area contributed by atoms with Crippen LogP contribution in [0.15, 0.2) is 18.3 Å². The molecule has 2 N–H and O–H groups in total. The number of carbonyl (C=O) groups is 1. The first-order chi connectivity index (χ1) is 8.81. The van der Waals surface area contributed by atoms with Gasteiger partial charge in [-0.2, -0.15) is 11.8 Å². The zero-order valence-corrected chi connectivity index (χ0v) is 11.4. The molecule has 1 saturated heterocycles. The maximum Gasteiger partial charge on any atom is 0.255 e. The van der Waals surface area contributed by atoms with E-state index >= 15 is 0 Å². The van der Waals surface area contributed by atoms with Crippen molar-refractivity contribution in [3.63, 3.8) is 0 Å². The van der Waals surface area contributed by atoms with Crippen molar-refractivity contribution in [2.24, 2.45) is 0 Å². The minimum absolute atomic E-state index is 0.0193. The zero-order chi connectivity index (χ0) is 12.8. The molecule has 1 unspecified atom stereocenters. The number of pyridine rings is 1. The molecule has 2 rings (SSSR count). The van der Waals surface area contributed by atoms with E-state index in [1.54, 1.807) is 12.3 Å². The van der Waals surface area contributed by atoms with Crippen LogP contribution in [0, 0.1) is 0 Å². The van der Waals surface area contributed by atoms with E-state index in [0.29, 0.717) is 17.4 Å². The first-order valence-corrected chi connectivity index (χ1v) is 7.54. The van der Waals surface area contributed by atoms with Gasteiger partial charge < -0.3 is 10.6 Å². The number of anilines is 1. The second-order valence-electron chi connectivity index (χ2n) is 4.36. The van der Waals surface area contributed by atoms with Crippen LogP contribution >= 0.6 is 11.8 Å². The van der Waals surface area contributed by atoms with Crippen molar-refractivity contribution in [3.8, 4) is 0 Å². The van der Waals surface area contributed by atoms with Gasteiger partial charge in [0.25, 0.3) is 5.91 Å². The summed E-state index contributed by atoms with van der Waals surface area (Å²) >= 11 is 1.89. The molecule has 5 heteroatoms. The minimum Gasteiger partial charge on any atom is -0.369 e. The Morgan fingerprint density at radius 1 is 1.61 bits per heavy atom. The van der Waals surface area contributed by atoms with Crippen LogP contribution in [0.3, 0.4) is 0 Å². The van der Waals surface area contributed by atoms with Gasteiger partial charge in [-0.25, -0.2) is 4.98 Å². The summed E-state index contributed by atoms with van der Waals surface area (Å²) in [6.07, 6.45) is 3.78. The van der Waals surface area contributed by atoms with Crippen LogP contribution in [0.5, 0.6) is 0 Å². The van der Waals surface area contributed by atoms with Gasteiger partial charge in [-0.1, -0.05) is 6.92 Å². The Labute approximate surface area is 112 Å². The fourth-order valence-electron chi connectivity index (χ4n) is 1.88. The summed E-state index contributed by atoms with van der Waals surface area (Å²) in [5, 5.41) is 6.26. The molecule has 4 nitrogen and oxygen atoms in total. The molecular formula is C13H19N3OS. The molecular weight excluding hydrogens is 246 g/mol. The van der Waals surface area contributed by atoms with Gasteiger partial charge in [-0.05, 0) is 30.7 Å². The van der Waals surface area contributed by atoms with E-state index in [9.17, 15) is 4.79 Å². The van der Waals surface area contributed by atoms with Gasteiger partial charge in [0.1, 0.15) is 5.82 Å². The van der Waals surface area contributed by atoms with Crippen LogP contribution in [0.4, 0.5) is 5.82 Å². The van der Waals surface area contributed by atoms with Crippen molar-refractivity contribution in [1.29, 1.82) is 0 Å². The number of nitrogens with zero attached hydrogens (tertiary/aromatic N) is 1. The molecule has 0 bridgehead atoms. The summed E-state index contributed by atoms with van der Waals surface area (Å²) in [7, 11) is 0. The second kappa shape index (κ2) is 6.64. The third-order valence-electron chi connectivity index (χ3n) is 2.86. The Hall–Kier alpha value is -1.23. The molecule has 0 aromatic carbocycles. The number of hydrogen-bond acceptors (Lipinski definition) is 4. The molecule has 1 amide bonds. The van der Waals surface area contributed by atoms with Crippen molar-refractivity contribution in [1.82, 2.24) is 10.3 Å². The van der Waals surface area contributed by atoms with Crippen molar-refractivity contribution < 1.29 is 4.79 Å². The minimum atomic E-state index is -0.0193. The quantitative estimate of drug-likeness (QED) is 0.856. The third kappa shape index (κ3) is 3.38. The van der Waals surface area contributed by atoms with Crippen LogP contribution in [0.2, 0.25) is 0 Å². The second-order valence-corrected chi connectivity index (χ2v) is 5.51. The summed E-state index contributed by atoms with van der Waals surface area (Å²) in [5.74, 6) is 2.82. The van der Waals surface area contributed by atoms with Crippen LogP contribution in [0.1, 0.15) is 30.1 Å². The third-order valence-corrected chi connectivity index (χ3v) is 4.02. The predicted octanol–water partition coefficient (Wildman–Crippen LogP) is 2.14. The van der Waals surface area contributed by atoms with Gasteiger partial charge in [-0.15, -0.1) is 0 Å². The molecule has 1 aromatic heterocycles. The average molecular weight is 265 g/mol. The molecule has 98 valence electrons. The SMILES string of the molecule is CCCNc1ncccc1C(=O)NC1CCSC1. The number of rotatable bonds is 5. The van der Waals surface area contributed by atoms with Gasteiger partial charge in [-0.3, -0.25) is 4.79 Å². The normalized spacial score (nSPS) is 18.6. The van der Waals surface area contributed by atoms with Crippen molar-refractivity contribution in [2.75, 3.05) is 23.4 Å². The Morgan fingerprint density at radius 2 is 2.50 bits per heavy atom. The standard InChI is InChI=1S/C13H19N3OS/c1-2-6-14-12-11(4-3-7-15-12)13(17)16-10-5-8-18-9-10/h3-4,7,10H,2,5-6,8-9H2,1H3,(H,14,15)(H,16,17). The number of amides is 1. The summed E-state index contributed by atoms with van der Waals surface area (Å²) in [4.78, 5) is 16.4. The summed E-state index contributed by atoms with van der Waals surface area (Å²) in [6.45, 7) is 2.92. The van der Waals surface area contributed by atoms with E-state index in [2.05, 4.69) is 22.5 Å². The van der Waals surface area contributed by atoms with E-state index in [0.717, 1.165) is 30.9 Å². The van der Waals surface area contributed by atoms with E-state index in [1.165, 1.54) is 0 Å². The molecule has 1 aliphatic rings. The number of nitrogens with one attached hydrogen (secondary N) is 2. The maximum absolute atomic E-state index is 12.2. The van der Waals surface area contributed by atoms with Crippen LogP contribution in [0.25, 0.3) is 0 Å². The predicted molar refractivity (Wildman–Crippen MR) is 76.2 cm³/mol. The molecule has 1 fully saturated rings. The average Bonchev–Trinajstić information content (AvgIpc) is 2.89. The van der Waals surface area contributed by atoms with Crippen molar-refractivity contribution in [3.05, 3.63) is 23.9 Å². The lowest BCUT2D eigenvalue weighted by molar-refractivity contribution is 0.0941. The lowest BCUT2D eigenvalue weighted by Crippen LogP contribution is -2.35. The molecule has 2 heterocycles. The molecule has 0 aliphatic carbocycles. The highest BCUT2D eigenvalue weighted by Crippen LogP contribution is 2.18. The Balaban J connectivity index is 2.03. The van der Waals surface area contributed by atoms with E-state index in [1.807, 2.05) is 17.8 Å². The molecule has 0 saturated carbocycles. The number of hydrogen-bond donors (Lipinski definition) is 2. The smallest absolute Gasteiger partial charge is 0.255 e. The van der Waals surface area contributed by atoms with Crippen LogP contribution in [-0.4, -0.2) is 35.0 Å². The van der Waals surface area contributed by atoms with E-state index in [4.69, 9.17) is 0 Å². The molecule has 1 atom stereocenters. The molecule has 0 spiro atoms. The van der Waals surface area contributed by atoms with Gasteiger partial charge in [0, 0.05) is 24.5 Å². The maximum atomic E-state index is 12.2. The van der Waals surface area contributed by atoms with Gasteiger partial charge in [0.05, 0.1) is 5.56 Å². The molecule has 1 aliphatic heterocycles. The summed E-state index contributed by atoms with van der Waals surface area (Å²) in [5.41, 5.74) is 0.642. The van der Waals surface area contributed by atoms with Gasteiger partial charge in [0.15, 0.2) is 0 Å². The monoisotopic (exact) mass is 265 g/mol. The molecule has 18 heavy (non-hydrogen) atoms. The first-order valence-electron chi connectivity index (χ1n) is 6.38. The zero-order valence-electron chi connectivity index (χ0n) is 10.6. The highest BCUT2D eigenvalue weighted by atomic mass is 32.2. The van der Waals surface area contributed by atoms with Gasteiger partial charge >= 0.3 is 0 Å².